The first-order valence-electron chi connectivity index (χ1n) is 6.77. The van der Waals surface area contributed by atoms with Crippen molar-refractivity contribution < 1.29 is 8.42 Å². The van der Waals surface area contributed by atoms with Crippen LogP contribution in [0.15, 0.2) is 29.2 Å². The van der Waals surface area contributed by atoms with Crippen LogP contribution in [-0.2, 0) is 29.3 Å². The zero-order valence-electron chi connectivity index (χ0n) is 11.3. The quantitative estimate of drug-likeness (QED) is 0.907. The molecule has 1 aliphatic rings. The normalized spacial score (nSPS) is 14.2. The van der Waals surface area contributed by atoms with E-state index in [1.54, 1.807) is 18.2 Å². The van der Waals surface area contributed by atoms with Crippen molar-refractivity contribution in [3.8, 4) is 0 Å². The second kappa shape index (κ2) is 4.94. The maximum atomic E-state index is 12.3. The summed E-state index contributed by atoms with van der Waals surface area (Å²) in [6.07, 6.45) is 3.89. The molecule has 1 aromatic carbocycles. The van der Waals surface area contributed by atoms with Crippen LogP contribution >= 0.6 is 0 Å². The summed E-state index contributed by atoms with van der Waals surface area (Å²) in [5, 5.41) is 6.75. The molecule has 20 heavy (non-hydrogen) atoms. The van der Waals surface area contributed by atoms with Crippen LogP contribution in [0.3, 0.4) is 0 Å². The predicted octanol–water partition coefficient (Wildman–Crippen LogP) is 2.26. The van der Waals surface area contributed by atoms with Gasteiger partial charge < -0.3 is 0 Å². The number of anilines is 1. The number of rotatable bonds is 4. The zero-order chi connectivity index (χ0) is 14.2. The summed E-state index contributed by atoms with van der Waals surface area (Å²) in [5.41, 5.74) is 3.30. The minimum atomic E-state index is -3.56. The van der Waals surface area contributed by atoms with Crippen LogP contribution in [0, 0.1) is 0 Å². The number of fused-ring (bicyclic) bond motifs is 1. The number of aromatic amines is 1. The van der Waals surface area contributed by atoms with E-state index in [-0.39, 0.29) is 0 Å². The van der Waals surface area contributed by atoms with E-state index in [0.717, 1.165) is 36.9 Å². The molecule has 6 heteroatoms. The molecule has 0 saturated carbocycles. The topological polar surface area (TPSA) is 74.8 Å². The molecule has 0 unspecified atom stereocenters. The summed E-state index contributed by atoms with van der Waals surface area (Å²) in [4.78, 5) is 0.305. The number of hydrogen-bond acceptors (Lipinski definition) is 3. The molecule has 2 N–H and O–H groups in total. The number of aromatic nitrogens is 2. The largest absolute Gasteiger partial charge is 0.280 e. The Labute approximate surface area is 118 Å². The lowest BCUT2D eigenvalue weighted by molar-refractivity contribution is 0.601. The lowest BCUT2D eigenvalue weighted by Crippen LogP contribution is -2.13. The fourth-order valence-corrected chi connectivity index (χ4v) is 3.55. The van der Waals surface area contributed by atoms with Crippen LogP contribution < -0.4 is 4.72 Å². The van der Waals surface area contributed by atoms with Crippen molar-refractivity contribution >= 4 is 15.8 Å². The number of nitrogens with one attached hydrogen (secondary N) is 2. The van der Waals surface area contributed by atoms with Gasteiger partial charge in [-0.05, 0) is 48.9 Å². The molecule has 0 fully saturated rings. The highest BCUT2D eigenvalue weighted by Crippen LogP contribution is 2.25. The molecule has 1 heterocycles. The first-order valence-corrected chi connectivity index (χ1v) is 8.26. The van der Waals surface area contributed by atoms with Crippen molar-refractivity contribution in [2.24, 2.45) is 0 Å². The molecule has 0 saturated heterocycles. The van der Waals surface area contributed by atoms with Gasteiger partial charge in [-0.1, -0.05) is 13.0 Å². The number of hydrogen-bond donors (Lipinski definition) is 2. The van der Waals surface area contributed by atoms with E-state index in [0.29, 0.717) is 10.7 Å². The third-order valence-electron chi connectivity index (χ3n) is 3.63. The zero-order valence-corrected chi connectivity index (χ0v) is 12.1. The van der Waals surface area contributed by atoms with Gasteiger partial charge in [0.15, 0.2) is 5.82 Å². The molecule has 0 spiro atoms. The van der Waals surface area contributed by atoms with Gasteiger partial charge >= 0.3 is 0 Å². The molecule has 0 aliphatic heterocycles. The van der Waals surface area contributed by atoms with Crippen molar-refractivity contribution in [1.82, 2.24) is 10.2 Å². The van der Waals surface area contributed by atoms with Crippen LogP contribution in [0.1, 0.15) is 30.2 Å². The van der Waals surface area contributed by atoms with E-state index in [4.69, 9.17) is 0 Å². The van der Waals surface area contributed by atoms with Gasteiger partial charge in [-0.25, -0.2) is 8.42 Å². The fraction of sp³-hybridized carbons (Fsp3) is 0.357. The van der Waals surface area contributed by atoms with Crippen molar-refractivity contribution in [2.45, 2.75) is 37.5 Å². The Morgan fingerprint density at radius 2 is 2.05 bits per heavy atom. The smallest absolute Gasteiger partial charge is 0.263 e. The third kappa shape index (κ3) is 2.43. The third-order valence-corrected chi connectivity index (χ3v) is 4.98. The van der Waals surface area contributed by atoms with Crippen molar-refractivity contribution in [3.63, 3.8) is 0 Å². The van der Waals surface area contributed by atoms with E-state index in [1.807, 2.05) is 13.0 Å². The molecular weight excluding hydrogens is 274 g/mol. The molecule has 106 valence electrons. The molecule has 0 bridgehead atoms. The monoisotopic (exact) mass is 291 g/mol. The summed E-state index contributed by atoms with van der Waals surface area (Å²) < 4.78 is 27.2. The van der Waals surface area contributed by atoms with Crippen LogP contribution in [0.4, 0.5) is 5.82 Å². The van der Waals surface area contributed by atoms with E-state index in [9.17, 15) is 8.42 Å². The van der Waals surface area contributed by atoms with Gasteiger partial charge in [-0.15, -0.1) is 0 Å². The SMILES string of the molecule is CCc1cc(NS(=O)(=O)c2ccc3c(c2)CCC3)n[nH]1. The minimum absolute atomic E-state index is 0.305. The summed E-state index contributed by atoms with van der Waals surface area (Å²) in [6, 6.07) is 7.07. The maximum absolute atomic E-state index is 12.3. The average Bonchev–Trinajstić information content (AvgIpc) is 3.05. The first kappa shape index (κ1) is 13.2. The average molecular weight is 291 g/mol. The Balaban J connectivity index is 1.88. The molecule has 3 rings (SSSR count). The standard InChI is InChI=1S/C14H17N3O2S/c1-2-12-9-14(16-15-12)17-20(18,19)13-7-6-10-4-3-5-11(10)8-13/h6-9H,2-5H2,1H3,(H2,15,16,17). The summed E-state index contributed by atoms with van der Waals surface area (Å²) >= 11 is 0. The van der Waals surface area contributed by atoms with Gasteiger partial charge in [0.25, 0.3) is 10.0 Å². The van der Waals surface area contributed by atoms with Crippen LogP contribution in [0.5, 0.6) is 0 Å². The van der Waals surface area contributed by atoms with E-state index < -0.39 is 10.0 Å². The maximum Gasteiger partial charge on any atom is 0.263 e. The second-order valence-corrected chi connectivity index (χ2v) is 6.70. The Bertz CT molecular complexity index is 735. The molecular formula is C14H17N3O2S. The predicted molar refractivity (Wildman–Crippen MR) is 77.2 cm³/mol. The van der Waals surface area contributed by atoms with Gasteiger partial charge in [0, 0.05) is 11.8 Å². The van der Waals surface area contributed by atoms with Crippen LogP contribution in [0.2, 0.25) is 0 Å². The van der Waals surface area contributed by atoms with Crippen LogP contribution in [0.25, 0.3) is 0 Å². The highest BCUT2D eigenvalue weighted by molar-refractivity contribution is 7.92. The fourth-order valence-electron chi connectivity index (χ4n) is 2.51. The van der Waals surface area contributed by atoms with Gasteiger partial charge in [-0.3, -0.25) is 9.82 Å². The highest BCUT2D eigenvalue weighted by Gasteiger charge is 2.19. The number of H-pyrrole nitrogens is 1. The number of aryl methyl sites for hydroxylation is 3. The minimum Gasteiger partial charge on any atom is -0.280 e. The second-order valence-electron chi connectivity index (χ2n) is 5.02. The van der Waals surface area contributed by atoms with Gasteiger partial charge in [0.05, 0.1) is 4.90 Å². The van der Waals surface area contributed by atoms with E-state index >= 15 is 0 Å². The highest BCUT2D eigenvalue weighted by atomic mass is 32.2. The molecule has 1 aromatic heterocycles. The Hall–Kier alpha value is -1.82. The lowest BCUT2D eigenvalue weighted by atomic mass is 10.1. The number of benzene rings is 1. The summed E-state index contributed by atoms with van der Waals surface area (Å²) in [7, 11) is -3.56. The summed E-state index contributed by atoms with van der Waals surface area (Å²) in [5.74, 6) is 0.336. The van der Waals surface area contributed by atoms with E-state index in [2.05, 4.69) is 14.9 Å². The van der Waals surface area contributed by atoms with Crippen molar-refractivity contribution in [2.75, 3.05) is 4.72 Å². The van der Waals surface area contributed by atoms with Crippen molar-refractivity contribution in [3.05, 3.63) is 41.1 Å². The number of sulfonamides is 1. The molecule has 0 amide bonds. The van der Waals surface area contributed by atoms with Crippen molar-refractivity contribution in [1.29, 1.82) is 0 Å². The Morgan fingerprint density at radius 1 is 1.25 bits per heavy atom. The molecule has 5 nitrogen and oxygen atoms in total. The van der Waals surface area contributed by atoms with Gasteiger partial charge in [-0.2, -0.15) is 5.10 Å². The summed E-state index contributed by atoms with van der Waals surface area (Å²) in [6.45, 7) is 1.98. The lowest BCUT2D eigenvalue weighted by Gasteiger charge is -2.07. The Morgan fingerprint density at radius 3 is 2.80 bits per heavy atom. The molecule has 2 aromatic rings. The van der Waals surface area contributed by atoms with Crippen LogP contribution in [-0.4, -0.2) is 18.6 Å². The first-order chi connectivity index (χ1) is 9.58. The molecule has 1 aliphatic carbocycles. The Kier molecular flexibility index (Phi) is 3.25. The van der Waals surface area contributed by atoms with Gasteiger partial charge in [0.2, 0.25) is 0 Å². The molecule has 0 atom stereocenters. The van der Waals surface area contributed by atoms with E-state index in [1.165, 1.54) is 5.56 Å². The number of nitrogens with zero attached hydrogens (tertiary/aromatic N) is 1. The van der Waals surface area contributed by atoms with Gasteiger partial charge in [0.1, 0.15) is 0 Å². The molecule has 0 radical (unpaired) electrons.